The predicted octanol–water partition coefficient (Wildman–Crippen LogP) is 2.18. The summed E-state index contributed by atoms with van der Waals surface area (Å²) in [6.07, 6.45) is 2.09. The summed E-state index contributed by atoms with van der Waals surface area (Å²) in [7, 11) is 0. The predicted molar refractivity (Wildman–Crippen MR) is 76.0 cm³/mol. The number of carbonyl (C=O) groups is 1. The van der Waals surface area contributed by atoms with Crippen molar-refractivity contribution < 1.29 is 18.7 Å². The topological polar surface area (TPSA) is 73.6 Å². The fourth-order valence-electron chi connectivity index (χ4n) is 1.45. The van der Waals surface area contributed by atoms with Gasteiger partial charge >= 0.3 is 0 Å². The molecule has 0 unspecified atom stereocenters. The molecule has 1 amide bonds. The zero-order chi connectivity index (χ0) is 14.8. The van der Waals surface area contributed by atoms with E-state index in [9.17, 15) is 9.18 Å². The maximum atomic E-state index is 13.0. The lowest BCUT2D eigenvalue weighted by Gasteiger charge is -2.09. The molecule has 0 bridgehead atoms. The third-order valence-electron chi connectivity index (χ3n) is 2.54. The average molecular weight is 284 g/mol. The zero-order valence-electron chi connectivity index (χ0n) is 11.7. The Bertz CT molecular complexity index is 427. The van der Waals surface area contributed by atoms with Crippen molar-refractivity contribution in [3.8, 4) is 0 Å². The summed E-state index contributed by atoms with van der Waals surface area (Å²) in [6.45, 7) is 3.46. The Balaban J connectivity index is 2.19. The lowest BCUT2D eigenvalue weighted by molar-refractivity contribution is -0.121. The first kappa shape index (κ1) is 16.4. The van der Waals surface area contributed by atoms with E-state index in [1.165, 1.54) is 18.2 Å². The number of hydrogen-bond donors (Lipinski definition) is 2. The molecule has 0 heterocycles. The summed E-state index contributed by atoms with van der Waals surface area (Å²) in [5.74, 6) is -0.837. The number of nitrogen functional groups attached to an aromatic ring is 1. The molecule has 1 aromatic rings. The standard InChI is InChI=1S/C14H21FN2O3/c1-2-3-6-19-7-8-20-10-14(18)17-13-9-11(15)4-5-12(13)16/h4-5,9H,2-3,6-8,10,16H2,1H3,(H,17,18). The Morgan fingerprint density at radius 1 is 1.30 bits per heavy atom. The molecule has 112 valence electrons. The smallest absolute Gasteiger partial charge is 0.250 e. The summed E-state index contributed by atoms with van der Waals surface area (Å²) >= 11 is 0. The molecule has 0 aliphatic carbocycles. The summed E-state index contributed by atoms with van der Waals surface area (Å²) < 4.78 is 23.4. The van der Waals surface area contributed by atoms with Gasteiger partial charge in [0.2, 0.25) is 5.91 Å². The van der Waals surface area contributed by atoms with Crippen LogP contribution in [-0.2, 0) is 14.3 Å². The molecule has 0 aliphatic heterocycles. The van der Waals surface area contributed by atoms with Gasteiger partial charge in [0.05, 0.1) is 24.6 Å². The molecule has 0 fully saturated rings. The Kier molecular flexibility index (Phi) is 7.60. The molecule has 0 saturated heterocycles. The number of anilines is 2. The molecule has 5 nitrogen and oxygen atoms in total. The van der Waals surface area contributed by atoms with Crippen LogP contribution in [-0.4, -0.2) is 32.3 Å². The lowest BCUT2D eigenvalue weighted by atomic mass is 10.2. The Morgan fingerprint density at radius 2 is 2.05 bits per heavy atom. The molecule has 6 heteroatoms. The quantitative estimate of drug-likeness (QED) is 0.538. The van der Waals surface area contributed by atoms with Crippen molar-refractivity contribution in [1.29, 1.82) is 0 Å². The van der Waals surface area contributed by atoms with Crippen LogP contribution in [0, 0.1) is 5.82 Å². The molecule has 1 rings (SSSR count). The fraction of sp³-hybridized carbons (Fsp3) is 0.500. The number of carbonyl (C=O) groups excluding carboxylic acids is 1. The van der Waals surface area contributed by atoms with E-state index in [1.54, 1.807) is 0 Å². The minimum absolute atomic E-state index is 0.118. The Morgan fingerprint density at radius 3 is 2.80 bits per heavy atom. The SMILES string of the molecule is CCCCOCCOCC(=O)Nc1cc(F)ccc1N. The van der Waals surface area contributed by atoms with Crippen LogP contribution in [0.25, 0.3) is 0 Å². The number of ether oxygens (including phenoxy) is 2. The van der Waals surface area contributed by atoms with Crippen molar-refractivity contribution in [1.82, 2.24) is 0 Å². The molecule has 0 spiro atoms. The van der Waals surface area contributed by atoms with E-state index in [4.69, 9.17) is 15.2 Å². The highest BCUT2D eigenvalue weighted by atomic mass is 19.1. The van der Waals surface area contributed by atoms with Gasteiger partial charge in [-0.15, -0.1) is 0 Å². The van der Waals surface area contributed by atoms with Crippen molar-refractivity contribution in [2.45, 2.75) is 19.8 Å². The lowest BCUT2D eigenvalue weighted by Crippen LogP contribution is -2.20. The van der Waals surface area contributed by atoms with Gasteiger partial charge in [0, 0.05) is 6.61 Å². The monoisotopic (exact) mass is 284 g/mol. The van der Waals surface area contributed by atoms with Crippen LogP contribution in [0.2, 0.25) is 0 Å². The normalized spacial score (nSPS) is 10.5. The van der Waals surface area contributed by atoms with Gasteiger partial charge in [0.25, 0.3) is 0 Å². The van der Waals surface area contributed by atoms with E-state index in [0.29, 0.717) is 25.5 Å². The van der Waals surface area contributed by atoms with E-state index in [2.05, 4.69) is 12.2 Å². The van der Waals surface area contributed by atoms with Crippen LogP contribution in [0.4, 0.5) is 15.8 Å². The molecule has 0 atom stereocenters. The molecule has 0 aliphatic rings. The van der Waals surface area contributed by atoms with E-state index in [1.807, 2.05) is 0 Å². The average Bonchev–Trinajstić information content (AvgIpc) is 2.42. The third-order valence-corrected chi connectivity index (χ3v) is 2.54. The van der Waals surface area contributed by atoms with E-state index >= 15 is 0 Å². The summed E-state index contributed by atoms with van der Waals surface area (Å²) in [6, 6.07) is 3.80. The Labute approximate surface area is 118 Å². The highest BCUT2D eigenvalue weighted by Gasteiger charge is 2.06. The van der Waals surface area contributed by atoms with Gasteiger partial charge in [-0.3, -0.25) is 4.79 Å². The molecule has 20 heavy (non-hydrogen) atoms. The number of unbranched alkanes of at least 4 members (excludes halogenated alkanes) is 1. The zero-order valence-corrected chi connectivity index (χ0v) is 11.7. The van der Waals surface area contributed by atoms with Crippen LogP contribution in [0.5, 0.6) is 0 Å². The number of hydrogen-bond acceptors (Lipinski definition) is 4. The van der Waals surface area contributed by atoms with Crippen molar-refractivity contribution in [3.63, 3.8) is 0 Å². The van der Waals surface area contributed by atoms with Crippen molar-refractivity contribution in [2.75, 3.05) is 37.5 Å². The Hall–Kier alpha value is -1.66. The maximum absolute atomic E-state index is 13.0. The van der Waals surface area contributed by atoms with E-state index in [-0.39, 0.29) is 18.2 Å². The molecular formula is C14H21FN2O3. The fourth-order valence-corrected chi connectivity index (χ4v) is 1.45. The molecule has 0 aromatic heterocycles. The summed E-state index contributed by atoms with van der Waals surface area (Å²) in [5, 5.41) is 2.49. The first-order chi connectivity index (χ1) is 9.63. The van der Waals surface area contributed by atoms with Crippen molar-refractivity contribution >= 4 is 17.3 Å². The molecule has 1 aromatic carbocycles. The van der Waals surface area contributed by atoms with Crippen molar-refractivity contribution in [3.05, 3.63) is 24.0 Å². The maximum Gasteiger partial charge on any atom is 0.250 e. The minimum Gasteiger partial charge on any atom is -0.397 e. The van der Waals surface area contributed by atoms with Gasteiger partial charge in [0.15, 0.2) is 0 Å². The highest BCUT2D eigenvalue weighted by molar-refractivity contribution is 5.94. The van der Waals surface area contributed by atoms with Gasteiger partial charge in [-0.2, -0.15) is 0 Å². The van der Waals surface area contributed by atoms with Gasteiger partial charge in [0.1, 0.15) is 12.4 Å². The number of nitrogens with one attached hydrogen (secondary N) is 1. The number of benzene rings is 1. The van der Waals surface area contributed by atoms with Crippen LogP contribution in [0.1, 0.15) is 19.8 Å². The second-order valence-electron chi connectivity index (χ2n) is 4.30. The minimum atomic E-state index is -0.459. The van der Waals surface area contributed by atoms with Crippen LogP contribution in [0.3, 0.4) is 0 Å². The van der Waals surface area contributed by atoms with Gasteiger partial charge < -0.3 is 20.5 Å². The summed E-state index contributed by atoms with van der Waals surface area (Å²) in [5.41, 5.74) is 6.17. The number of halogens is 1. The third kappa shape index (κ3) is 6.49. The first-order valence-electron chi connectivity index (χ1n) is 6.64. The number of nitrogens with two attached hydrogens (primary N) is 1. The van der Waals surface area contributed by atoms with Gasteiger partial charge in [-0.1, -0.05) is 13.3 Å². The van der Waals surface area contributed by atoms with Crippen LogP contribution < -0.4 is 11.1 Å². The largest absolute Gasteiger partial charge is 0.397 e. The van der Waals surface area contributed by atoms with Crippen molar-refractivity contribution in [2.24, 2.45) is 0 Å². The van der Waals surface area contributed by atoms with Gasteiger partial charge in [-0.25, -0.2) is 4.39 Å². The number of rotatable bonds is 9. The molecule has 3 N–H and O–H groups in total. The van der Waals surface area contributed by atoms with Crippen LogP contribution >= 0.6 is 0 Å². The highest BCUT2D eigenvalue weighted by Crippen LogP contribution is 2.18. The van der Waals surface area contributed by atoms with E-state index < -0.39 is 5.82 Å². The van der Waals surface area contributed by atoms with Gasteiger partial charge in [-0.05, 0) is 24.6 Å². The summed E-state index contributed by atoms with van der Waals surface area (Å²) in [4.78, 5) is 11.6. The molecule has 0 saturated carbocycles. The van der Waals surface area contributed by atoms with Crippen LogP contribution in [0.15, 0.2) is 18.2 Å². The molecular weight excluding hydrogens is 263 g/mol. The first-order valence-corrected chi connectivity index (χ1v) is 6.64. The second kappa shape index (κ2) is 9.28. The number of amides is 1. The van der Waals surface area contributed by atoms with E-state index in [0.717, 1.165) is 12.8 Å². The molecule has 0 radical (unpaired) electrons. The second-order valence-corrected chi connectivity index (χ2v) is 4.30.